The molecule has 1 aromatic carbocycles. The lowest BCUT2D eigenvalue weighted by Gasteiger charge is -2.35. The summed E-state index contributed by atoms with van der Waals surface area (Å²) >= 11 is 6.37. The first-order valence-electron chi connectivity index (χ1n) is 14.5. The summed E-state index contributed by atoms with van der Waals surface area (Å²) in [6.45, 7) is 5.23. The van der Waals surface area contributed by atoms with Crippen LogP contribution < -0.4 is 34.8 Å². The second kappa shape index (κ2) is 14.2. The second-order valence-electron chi connectivity index (χ2n) is 10.6. The number of carbonyl (C=O) groups excluding carboxylic acids is 1. The third kappa shape index (κ3) is 7.43. The van der Waals surface area contributed by atoms with Crippen molar-refractivity contribution in [3.63, 3.8) is 0 Å². The van der Waals surface area contributed by atoms with Crippen molar-refractivity contribution in [2.75, 3.05) is 74.5 Å². The average Bonchev–Trinajstić information content (AvgIpc) is 3.06. The molecular weight excluding hydrogens is 596 g/mol. The minimum atomic E-state index is -0.373. The number of ether oxygens (including phenoxy) is 2. The third-order valence-corrected chi connectivity index (χ3v) is 7.73. The van der Waals surface area contributed by atoms with Gasteiger partial charge in [0.2, 0.25) is 17.8 Å². The lowest BCUT2D eigenvalue weighted by atomic mass is 10.2. The van der Waals surface area contributed by atoms with E-state index in [1.807, 2.05) is 56.3 Å². The van der Waals surface area contributed by atoms with E-state index in [1.165, 1.54) is 7.11 Å². The number of nitrogens with zero attached hydrogens (tertiary/aromatic N) is 8. The maximum Gasteiger partial charge on any atom is 0.260 e. The van der Waals surface area contributed by atoms with E-state index < -0.39 is 0 Å². The molecule has 1 aliphatic rings. The van der Waals surface area contributed by atoms with Gasteiger partial charge >= 0.3 is 0 Å². The van der Waals surface area contributed by atoms with Crippen LogP contribution in [0.3, 0.4) is 0 Å². The van der Waals surface area contributed by atoms with Crippen LogP contribution >= 0.6 is 11.6 Å². The fraction of sp³-hybridized carbons (Fsp3) is 0.355. The van der Waals surface area contributed by atoms with Gasteiger partial charge in [0, 0.05) is 71.5 Å². The van der Waals surface area contributed by atoms with E-state index in [4.69, 9.17) is 26.1 Å². The Morgan fingerprint density at radius 1 is 0.956 bits per heavy atom. The smallest absolute Gasteiger partial charge is 0.260 e. The van der Waals surface area contributed by atoms with Crippen molar-refractivity contribution in [3.05, 3.63) is 76.2 Å². The fourth-order valence-corrected chi connectivity index (χ4v) is 5.17. The van der Waals surface area contributed by atoms with Gasteiger partial charge in [0.1, 0.15) is 22.9 Å². The van der Waals surface area contributed by atoms with Crippen LogP contribution in [0.2, 0.25) is 5.02 Å². The molecule has 5 rings (SSSR count). The first-order valence-corrected chi connectivity index (χ1v) is 14.9. The molecule has 4 heterocycles. The van der Waals surface area contributed by atoms with Crippen molar-refractivity contribution in [1.82, 2.24) is 30.2 Å². The number of benzene rings is 1. The minimum Gasteiger partial charge on any atom is -0.495 e. The first-order chi connectivity index (χ1) is 21.8. The molecule has 1 fully saturated rings. The standard InChI is InChI=1S/C31H37ClN10O3/c1-20-22(7-6-11-33-20)19-36-28(43)26-27(35-18-21-8-9-24(44-4)23(32)17-21)38-31(39-29(26)45-5)42-15-13-41(14-16-42)25-10-12-34-30(37-25)40(2)3/h6-12,17H,13-16,18-19H2,1-5H3,(H,36,43)(H,35,38,39). The number of methoxy groups -OCH3 is 2. The molecule has 1 aliphatic heterocycles. The van der Waals surface area contributed by atoms with Gasteiger partial charge in [-0.25, -0.2) is 4.98 Å². The van der Waals surface area contributed by atoms with Gasteiger partial charge in [0.05, 0.1) is 19.2 Å². The van der Waals surface area contributed by atoms with Gasteiger partial charge in [-0.1, -0.05) is 23.7 Å². The highest BCUT2D eigenvalue weighted by molar-refractivity contribution is 6.32. The summed E-state index contributed by atoms with van der Waals surface area (Å²) in [6.07, 6.45) is 3.49. The van der Waals surface area contributed by atoms with Crippen LogP contribution in [0.4, 0.5) is 23.5 Å². The third-order valence-electron chi connectivity index (χ3n) is 7.43. The number of halogens is 1. The quantitative estimate of drug-likeness (QED) is 0.250. The molecule has 13 nitrogen and oxygen atoms in total. The van der Waals surface area contributed by atoms with Gasteiger partial charge in [0.25, 0.3) is 5.91 Å². The van der Waals surface area contributed by atoms with E-state index >= 15 is 0 Å². The fourth-order valence-electron chi connectivity index (χ4n) is 4.89. The van der Waals surface area contributed by atoms with E-state index in [9.17, 15) is 4.79 Å². The number of hydrogen-bond donors (Lipinski definition) is 2. The van der Waals surface area contributed by atoms with Crippen molar-refractivity contribution >= 4 is 41.0 Å². The second-order valence-corrected chi connectivity index (χ2v) is 11.0. The number of carbonyl (C=O) groups is 1. The Kier molecular flexibility index (Phi) is 9.98. The molecule has 0 saturated carbocycles. The number of anilines is 4. The Morgan fingerprint density at radius 2 is 1.73 bits per heavy atom. The number of piperazine rings is 1. The topological polar surface area (TPSA) is 134 Å². The van der Waals surface area contributed by atoms with Crippen LogP contribution in [0.25, 0.3) is 0 Å². The van der Waals surface area contributed by atoms with Gasteiger partial charge in [-0.05, 0) is 42.3 Å². The molecule has 0 bridgehead atoms. The molecule has 45 heavy (non-hydrogen) atoms. The number of aromatic nitrogens is 5. The SMILES string of the molecule is COc1ccc(CNc2nc(N3CCN(c4ccnc(N(C)C)n4)CC3)nc(OC)c2C(=O)NCc2cccnc2C)cc1Cl. The Morgan fingerprint density at radius 3 is 2.42 bits per heavy atom. The van der Waals surface area contributed by atoms with Crippen LogP contribution in [-0.2, 0) is 13.1 Å². The average molecular weight is 633 g/mol. The summed E-state index contributed by atoms with van der Waals surface area (Å²) < 4.78 is 11.0. The number of amides is 1. The van der Waals surface area contributed by atoms with E-state index in [2.05, 4.69) is 40.4 Å². The molecule has 0 radical (unpaired) electrons. The molecule has 1 saturated heterocycles. The zero-order valence-electron chi connectivity index (χ0n) is 26.0. The maximum absolute atomic E-state index is 13.6. The zero-order valence-corrected chi connectivity index (χ0v) is 26.8. The molecule has 0 unspecified atom stereocenters. The summed E-state index contributed by atoms with van der Waals surface area (Å²) in [6, 6.07) is 11.2. The van der Waals surface area contributed by atoms with Crippen LogP contribution in [0.15, 0.2) is 48.8 Å². The molecule has 1 amide bonds. The van der Waals surface area contributed by atoms with Crippen molar-refractivity contribution in [3.8, 4) is 11.6 Å². The highest BCUT2D eigenvalue weighted by atomic mass is 35.5. The molecule has 0 spiro atoms. The maximum atomic E-state index is 13.6. The number of rotatable bonds is 11. The van der Waals surface area contributed by atoms with Crippen LogP contribution in [0.5, 0.6) is 11.6 Å². The Bertz CT molecular complexity index is 1650. The molecule has 2 N–H and O–H groups in total. The molecule has 236 valence electrons. The molecule has 14 heteroatoms. The van der Waals surface area contributed by atoms with Gasteiger partial charge in [0.15, 0.2) is 0 Å². The van der Waals surface area contributed by atoms with Gasteiger partial charge in [-0.2, -0.15) is 15.0 Å². The molecule has 0 atom stereocenters. The number of pyridine rings is 1. The lowest BCUT2D eigenvalue weighted by Crippen LogP contribution is -2.47. The summed E-state index contributed by atoms with van der Waals surface area (Å²) in [5, 5.41) is 6.79. The normalized spacial score (nSPS) is 12.9. The number of aryl methyl sites for hydroxylation is 1. The van der Waals surface area contributed by atoms with Crippen LogP contribution in [0, 0.1) is 6.92 Å². The highest BCUT2D eigenvalue weighted by Gasteiger charge is 2.27. The van der Waals surface area contributed by atoms with Crippen molar-refractivity contribution < 1.29 is 14.3 Å². The van der Waals surface area contributed by atoms with E-state index in [0.29, 0.717) is 61.2 Å². The van der Waals surface area contributed by atoms with Gasteiger partial charge in [-0.15, -0.1) is 0 Å². The molecule has 4 aromatic rings. The largest absolute Gasteiger partial charge is 0.495 e. The summed E-state index contributed by atoms with van der Waals surface area (Å²) in [7, 11) is 6.90. The van der Waals surface area contributed by atoms with E-state index in [-0.39, 0.29) is 23.9 Å². The van der Waals surface area contributed by atoms with Crippen molar-refractivity contribution in [1.29, 1.82) is 0 Å². The Hall–Kier alpha value is -4.91. The predicted octanol–water partition coefficient (Wildman–Crippen LogP) is 3.58. The summed E-state index contributed by atoms with van der Waals surface area (Å²) in [5.74, 6) is 2.70. The first kappa shape index (κ1) is 31.5. The van der Waals surface area contributed by atoms with Gasteiger partial charge in [-0.3, -0.25) is 9.78 Å². The van der Waals surface area contributed by atoms with Crippen LogP contribution in [0.1, 0.15) is 27.2 Å². The van der Waals surface area contributed by atoms with Crippen LogP contribution in [-0.4, -0.2) is 85.3 Å². The molecular formula is C31H37ClN10O3. The predicted molar refractivity (Wildman–Crippen MR) is 175 cm³/mol. The van der Waals surface area contributed by atoms with Crippen molar-refractivity contribution in [2.45, 2.75) is 20.0 Å². The molecule has 0 aliphatic carbocycles. The Labute approximate surface area is 267 Å². The Balaban J connectivity index is 1.40. The lowest BCUT2D eigenvalue weighted by molar-refractivity contribution is 0.0947. The minimum absolute atomic E-state index is 0.171. The zero-order chi connectivity index (χ0) is 31.9. The number of hydrogen-bond acceptors (Lipinski definition) is 12. The van der Waals surface area contributed by atoms with Crippen molar-refractivity contribution in [2.24, 2.45) is 0 Å². The monoisotopic (exact) mass is 632 g/mol. The summed E-state index contributed by atoms with van der Waals surface area (Å²) in [4.78, 5) is 42.6. The van der Waals surface area contributed by atoms with Gasteiger partial charge < -0.3 is 34.8 Å². The van der Waals surface area contributed by atoms with E-state index in [1.54, 1.807) is 25.6 Å². The summed E-state index contributed by atoms with van der Waals surface area (Å²) in [5.41, 5.74) is 2.83. The highest BCUT2D eigenvalue weighted by Crippen LogP contribution is 2.29. The number of nitrogens with one attached hydrogen (secondary N) is 2. The van der Waals surface area contributed by atoms with E-state index in [0.717, 1.165) is 22.6 Å². The molecule has 3 aromatic heterocycles.